The Bertz CT molecular complexity index is 1460. The van der Waals surface area contributed by atoms with Crippen LogP contribution in [-0.4, -0.2) is 124 Å². The van der Waals surface area contributed by atoms with Crippen molar-refractivity contribution in [3.63, 3.8) is 0 Å². The quantitative estimate of drug-likeness (QED) is 0.0129. The number of carboxylic acids is 2. The van der Waals surface area contributed by atoms with Gasteiger partial charge < -0.3 is 44.7 Å². The van der Waals surface area contributed by atoms with E-state index in [2.05, 4.69) is 46.9 Å². The van der Waals surface area contributed by atoms with Gasteiger partial charge in [-0.25, -0.2) is 9.59 Å². The molecule has 0 saturated carbocycles. The van der Waals surface area contributed by atoms with E-state index in [1.165, 1.54) is 90.1 Å². The van der Waals surface area contributed by atoms with Gasteiger partial charge in [-0.05, 0) is 63.5 Å². The smallest absolute Gasteiger partial charge is 0.394 e. The Labute approximate surface area is 459 Å². The lowest BCUT2D eigenvalue weighted by Gasteiger charge is -2.23. The van der Waals surface area contributed by atoms with E-state index < -0.39 is 83.1 Å². The lowest BCUT2D eigenvalue weighted by atomic mass is 9.95. The van der Waals surface area contributed by atoms with Gasteiger partial charge in [-0.3, -0.25) is 28.3 Å². The number of aliphatic hydroxyl groups is 2. The molecule has 76 heavy (non-hydrogen) atoms. The summed E-state index contributed by atoms with van der Waals surface area (Å²) in [5.74, 6) is -6.16. The van der Waals surface area contributed by atoms with Crippen LogP contribution >= 0.6 is 0 Å². The minimum atomic E-state index is -4.67. The summed E-state index contributed by atoms with van der Waals surface area (Å²) in [7, 11) is -4.67. The van der Waals surface area contributed by atoms with Crippen molar-refractivity contribution in [2.45, 2.75) is 272 Å². The largest absolute Gasteiger partial charge is 0.479 e. The highest BCUT2D eigenvalue weighted by atomic mass is 32.3. The summed E-state index contributed by atoms with van der Waals surface area (Å²) in [4.78, 5) is 70.9. The molecule has 0 radical (unpaired) electrons. The third-order valence-corrected chi connectivity index (χ3v) is 12.5. The van der Waals surface area contributed by atoms with E-state index in [-0.39, 0.29) is 38.3 Å². The third kappa shape index (κ3) is 55.3. The Morgan fingerprint density at radius 2 is 0.658 bits per heavy atom. The number of esters is 4. The van der Waals surface area contributed by atoms with Crippen LogP contribution in [-0.2, 0) is 58.1 Å². The second-order valence-corrected chi connectivity index (χ2v) is 20.8. The Morgan fingerprint density at radius 3 is 0.921 bits per heavy atom. The van der Waals surface area contributed by atoms with Gasteiger partial charge in [-0.2, -0.15) is 8.42 Å². The van der Waals surface area contributed by atoms with Crippen LogP contribution in [0.2, 0.25) is 0 Å². The third-order valence-electron chi connectivity index (χ3n) is 12.5. The van der Waals surface area contributed by atoms with Gasteiger partial charge in [-0.1, -0.05) is 197 Å². The maximum atomic E-state index is 12.1. The van der Waals surface area contributed by atoms with Gasteiger partial charge in [-0.15, -0.1) is 0 Å². The van der Waals surface area contributed by atoms with Gasteiger partial charge in [0.15, 0.2) is 11.2 Å². The molecule has 0 aliphatic carbocycles. The molecule has 0 heterocycles. The van der Waals surface area contributed by atoms with E-state index in [0.29, 0.717) is 12.8 Å². The Balaban J connectivity index is -0.000000530. The van der Waals surface area contributed by atoms with Crippen molar-refractivity contribution in [3.8, 4) is 0 Å². The molecule has 0 aromatic carbocycles. The summed E-state index contributed by atoms with van der Waals surface area (Å²) in [5, 5.41) is 42.7. The molecule has 0 aromatic heterocycles. The number of carbonyl (C=O) groups is 6. The molecular weight excluding hydrogens is 1010 g/mol. The van der Waals surface area contributed by atoms with E-state index in [1.54, 1.807) is 0 Å². The van der Waals surface area contributed by atoms with E-state index in [4.69, 9.17) is 36.5 Å². The van der Waals surface area contributed by atoms with E-state index in [1.807, 2.05) is 13.8 Å². The SMILES string of the molecule is CCCCC(CC)COC(=O)CC(O)(CC(=O)OCC(CC)CCCC)C(=O)O.CCCCCCCCCOC(=O)CC(O)(CC(=O)OCCCCCCCCC)C(=O)O.CCCCCNCCCCC.O=S(=O)(O)O. The zero-order valence-corrected chi connectivity index (χ0v) is 49.3. The number of ether oxygens (including phenoxy) is 4. The summed E-state index contributed by atoms with van der Waals surface area (Å²) in [6, 6.07) is 0. The predicted molar refractivity (Wildman–Crippen MR) is 296 cm³/mol. The zero-order chi connectivity index (χ0) is 58.5. The van der Waals surface area contributed by atoms with E-state index in [0.717, 1.165) is 89.9 Å². The van der Waals surface area contributed by atoms with Crippen LogP contribution in [0, 0.1) is 11.8 Å². The Kier molecular flexibility index (Phi) is 55.7. The van der Waals surface area contributed by atoms with Crippen LogP contribution in [0.4, 0.5) is 0 Å². The number of rotatable bonds is 46. The van der Waals surface area contributed by atoms with Crippen LogP contribution in [0.15, 0.2) is 0 Å². The van der Waals surface area contributed by atoms with Gasteiger partial charge in [0.2, 0.25) is 0 Å². The molecule has 19 nitrogen and oxygen atoms in total. The molecule has 0 spiro atoms. The maximum absolute atomic E-state index is 12.1. The average Bonchev–Trinajstić information content (AvgIpc) is 3.35. The van der Waals surface area contributed by atoms with Crippen LogP contribution < -0.4 is 5.32 Å². The molecule has 0 bridgehead atoms. The molecule has 7 N–H and O–H groups in total. The van der Waals surface area contributed by atoms with E-state index >= 15 is 0 Å². The number of carboxylic acid groups (broad SMARTS) is 2. The lowest BCUT2D eigenvalue weighted by Crippen LogP contribution is -2.43. The Hall–Kier alpha value is -3.43. The Morgan fingerprint density at radius 1 is 0.408 bits per heavy atom. The molecule has 0 rings (SSSR count). The fraction of sp³-hybridized carbons (Fsp3) is 0.893. The van der Waals surface area contributed by atoms with Gasteiger partial charge in [0.05, 0.1) is 52.1 Å². The summed E-state index contributed by atoms with van der Waals surface area (Å²) in [6.07, 6.45) is 27.6. The monoisotopic (exact) mass is 1120 g/mol. The predicted octanol–water partition coefficient (Wildman–Crippen LogP) is 11.6. The van der Waals surface area contributed by atoms with Crippen molar-refractivity contribution in [2.75, 3.05) is 39.5 Å². The normalized spacial score (nSPS) is 12.7. The molecule has 0 fully saturated rings. The molecule has 0 aliphatic rings. The molecular formula is C56H109NO18S. The topological polar surface area (TPSA) is 307 Å². The first-order chi connectivity index (χ1) is 36.0. The van der Waals surface area contributed by atoms with Crippen molar-refractivity contribution in [1.29, 1.82) is 0 Å². The number of hydrogen-bond donors (Lipinski definition) is 7. The number of nitrogens with one attached hydrogen (secondary N) is 1. The molecule has 2 unspecified atom stereocenters. The first kappa shape index (κ1) is 79.1. The molecule has 452 valence electrons. The highest BCUT2D eigenvalue weighted by molar-refractivity contribution is 7.79. The average molecular weight is 1120 g/mol. The van der Waals surface area contributed by atoms with Crippen LogP contribution in [0.1, 0.15) is 261 Å². The van der Waals surface area contributed by atoms with Gasteiger partial charge >= 0.3 is 46.2 Å². The van der Waals surface area contributed by atoms with Crippen LogP contribution in [0.5, 0.6) is 0 Å². The van der Waals surface area contributed by atoms with Crippen molar-refractivity contribution < 1.29 is 85.7 Å². The number of carbonyl (C=O) groups excluding carboxylic acids is 4. The first-order valence-electron chi connectivity index (χ1n) is 28.9. The van der Waals surface area contributed by atoms with Crippen LogP contribution in [0.3, 0.4) is 0 Å². The van der Waals surface area contributed by atoms with E-state index in [9.17, 15) is 49.2 Å². The standard InChI is InChI=1S/C24H44O7.C22H40O7.C10H23N.H2O4S/c1-3-5-7-9-11-13-15-17-30-21(25)19-24(29,23(27)28)20-22(26)31-18-16-14-12-10-8-6-4-2;1-5-9-11-17(7-3)15-28-19(23)13-22(27,21(25)26)14-20(24)29-16-18(8-4)12-10-6-2;1-3-5-7-9-11-10-8-6-4-2;1-5(2,3)4/h29H,3-20H2,1-2H3,(H,27,28);17-18,27H,5-16H2,1-4H3,(H,25,26);11H,3-10H2,1-2H3;(H2,1,2,3,4). The maximum Gasteiger partial charge on any atom is 0.394 e. The summed E-state index contributed by atoms with van der Waals surface area (Å²) >= 11 is 0. The highest BCUT2D eigenvalue weighted by Gasteiger charge is 2.43. The summed E-state index contributed by atoms with van der Waals surface area (Å²) in [6.45, 7) is 20.2. The zero-order valence-electron chi connectivity index (χ0n) is 48.5. The molecule has 20 heteroatoms. The van der Waals surface area contributed by atoms with Crippen molar-refractivity contribution in [1.82, 2.24) is 5.32 Å². The number of unbranched alkanes of at least 4 members (excludes halogenated alkanes) is 18. The van der Waals surface area contributed by atoms with Crippen LogP contribution in [0.25, 0.3) is 0 Å². The second-order valence-electron chi connectivity index (χ2n) is 19.9. The molecule has 0 saturated heterocycles. The lowest BCUT2D eigenvalue weighted by molar-refractivity contribution is -0.174. The first-order valence-corrected chi connectivity index (χ1v) is 30.3. The molecule has 2 atom stereocenters. The van der Waals surface area contributed by atoms with Crippen molar-refractivity contribution in [3.05, 3.63) is 0 Å². The highest BCUT2D eigenvalue weighted by Crippen LogP contribution is 2.22. The van der Waals surface area contributed by atoms with Gasteiger partial charge in [0, 0.05) is 0 Å². The molecule has 0 amide bonds. The number of hydrogen-bond acceptors (Lipinski definition) is 15. The minimum absolute atomic E-state index is 0.186. The fourth-order valence-corrected chi connectivity index (χ4v) is 7.42. The fourth-order valence-electron chi connectivity index (χ4n) is 7.42. The summed E-state index contributed by atoms with van der Waals surface area (Å²) in [5.41, 5.74) is -5.03. The minimum Gasteiger partial charge on any atom is -0.479 e. The van der Waals surface area contributed by atoms with Gasteiger partial charge in [0.1, 0.15) is 0 Å². The summed E-state index contributed by atoms with van der Waals surface area (Å²) < 4.78 is 52.0. The van der Waals surface area contributed by atoms with Crippen molar-refractivity contribution >= 4 is 46.2 Å². The number of aliphatic carboxylic acids is 2. The second kappa shape index (κ2) is 53.6. The van der Waals surface area contributed by atoms with Crippen molar-refractivity contribution in [2.24, 2.45) is 11.8 Å². The molecule has 0 aromatic rings. The van der Waals surface area contributed by atoms with Gasteiger partial charge in [0.25, 0.3) is 0 Å². The molecule has 0 aliphatic heterocycles.